The van der Waals surface area contributed by atoms with Crippen LogP contribution in [0.4, 0.5) is 0 Å². The minimum atomic E-state index is -3.15. The lowest BCUT2D eigenvalue weighted by Crippen LogP contribution is -2.52. The van der Waals surface area contributed by atoms with Gasteiger partial charge in [0.15, 0.2) is 0 Å². The number of piperidine rings is 1. The van der Waals surface area contributed by atoms with Crippen LogP contribution in [0.25, 0.3) is 10.6 Å². The number of piperazine rings is 1. The molecule has 2 aromatic rings. The minimum Gasteiger partial charge on any atom is -0.340 e. The minimum absolute atomic E-state index is 0. The largest absolute Gasteiger partial charge is 0.340 e. The molecule has 2 aliphatic rings. The number of thiazole rings is 1. The van der Waals surface area contributed by atoms with Gasteiger partial charge in [0, 0.05) is 63.5 Å². The van der Waals surface area contributed by atoms with Crippen LogP contribution in [0.3, 0.4) is 0 Å². The molecule has 0 unspecified atom stereocenters. The smallest absolute Gasteiger partial charge is 0.225 e. The predicted octanol–water partition coefficient (Wildman–Crippen LogP) is 2.65. The van der Waals surface area contributed by atoms with Gasteiger partial charge in [-0.05, 0) is 24.3 Å². The molecule has 0 aliphatic carbocycles. The number of aromatic nitrogens is 1. The van der Waals surface area contributed by atoms with Gasteiger partial charge >= 0.3 is 0 Å². The Hall–Kier alpha value is -1.04. The first-order valence-corrected chi connectivity index (χ1v) is 14.0. The van der Waals surface area contributed by atoms with Crippen LogP contribution < -0.4 is 0 Å². The van der Waals surface area contributed by atoms with Crippen molar-refractivity contribution in [3.63, 3.8) is 0 Å². The summed E-state index contributed by atoms with van der Waals surface area (Å²) in [5.41, 5.74) is 1.07. The van der Waals surface area contributed by atoms with Gasteiger partial charge in [0.2, 0.25) is 15.9 Å². The zero-order valence-corrected chi connectivity index (χ0v) is 20.9. The number of hydrogen-bond donors (Lipinski definition) is 0. The van der Waals surface area contributed by atoms with E-state index >= 15 is 0 Å². The molecule has 0 N–H and O–H groups in total. The summed E-state index contributed by atoms with van der Waals surface area (Å²) in [6.45, 7) is 5.15. The molecule has 2 aliphatic heterocycles. The summed E-state index contributed by atoms with van der Waals surface area (Å²) in [5.74, 6) is 0.156. The number of carbonyl (C=O) groups excluding carboxylic acids is 1. The highest BCUT2D eigenvalue weighted by Gasteiger charge is 2.32. The maximum Gasteiger partial charge on any atom is 0.225 e. The van der Waals surface area contributed by atoms with Gasteiger partial charge in [-0.2, -0.15) is 0 Å². The van der Waals surface area contributed by atoms with Gasteiger partial charge < -0.3 is 4.90 Å². The molecule has 0 radical (unpaired) electrons. The van der Waals surface area contributed by atoms with E-state index in [-0.39, 0.29) is 24.2 Å². The van der Waals surface area contributed by atoms with Crippen molar-refractivity contribution in [1.29, 1.82) is 0 Å². The normalized spacial score (nSPS) is 19.3. The fourth-order valence-electron chi connectivity index (χ4n) is 4.10. The summed E-state index contributed by atoms with van der Waals surface area (Å²) >= 11 is 3.44. The van der Waals surface area contributed by atoms with E-state index < -0.39 is 10.0 Å². The molecule has 2 aromatic heterocycles. The van der Waals surface area contributed by atoms with Crippen molar-refractivity contribution in [3.8, 4) is 10.6 Å². The molecule has 0 aromatic carbocycles. The molecule has 11 heteroatoms. The molecule has 31 heavy (non-hydrogen) atoms. The molecular weight excluding hydrogens is 476 g/mol. The molecule has 0 atom stereocenters. The van der Waals surface area contributed by atoms with E-state index in [4.69, 9.17) is 4.98 Å². The van der Waals surface area contributed by atoms with E-state index in [0.717, 1.165) is 49.8 Å². The fraction of sp³-hybridized carbons (Fsp3) is 0.600. The molecule has 0 bridgehead atoms. The number of thiophene rings is 1. The van der Waals surface area contributed by atoms with E-state index in [9.17, 15) is 13.2 Å². The fourth-order valence-corrected chi connectivity index (χ4v) is 6.52. The quantitative estimate of drug-likeness (QED) is 0.604. The number of rotatable bonds is 6. The van der Waals surface area contributed by atoms with Crippen molar-refractivity contribution in [2.24, 2.45) is 5.92 Å². The first-order chi connectivity index (χ1) is 14.4. The van der Waals surface area contributed by atoms with Gasteiger partial charge in [-0.1, -0.05) is 6.07 Å². The molecule has 7 nitrogen and oxygen atoms in total. The van der Waals surface area contributed by atoms with Crippen LogP contribution >= 0.6 is 35.1 Å². The second-order valence-electron chi connectivity index (χ2n) is 7.96. The summed E-state index contributed by atoms with van der Waals surface area (Å²) in [6, 6.07) is 4.15. The van der Waals surface area contributed by atoms with E-state index in [2.05, 4.69) is 27.8 Å². The standard InChI is InChI=1S/C20H28N4O3S3.ClH/c1-30(26,27)24-8-4-16(5-9-24)20(25)23-12-10-22(11-13-23)7-6-19-21-17(15-29-19)18-3-2-14-28-18;/h2-3,14-16H,4-13H2,1H3;1H. The Morgan fingerprint density at radius 1 is 1.13 bits per heavy atom. The topological polar surface area (TPSA) is 73.8 Å². The Bertz CT molecular complexity index is 948. The van der Waals surface area contributed by atoms with Crippen LogP contribution in [0, 0.1) is 5.92 Å². The Kier molecular flexibility index (Phi) is 8.51. The first kappa shape index (κ1) is 24.6. The van der Waals surface area contributed by atoms with Gasteiger partial charge in [-0.15, -0.1) is 35.1 Å². The van der Waals surface area contributed by atoms with Crippen LogP contribution in [0.5, 0.6) is 0 Å². The third kappa shape index (κ3) is 6.27. The number of nitrogens with zero attached hydrogens (tertiary/aromatic N) is 4. The highest BCUT2D eigenvalue weighted by Crippen LogP contribution is 2.26. The van der Waals surface area contributed by atoms with E-state index in [1.54, 1.807) is 22.7 Å². The van der Waals surface area contributed by atoms with Gasteiger partial charge in [0.05, 0.1) is 21.8 Å². The van der Waals surface area contributed by atoms with Gasteiger partial charge in [-0.25, -0.2) is 17.7 Å². The molecule has 0 spiro atoms. The Morgan fingerprint density at radius 3 is 2.45 bits per heavy atom. The molecule has 4 rings (SSSR count). The van der Waals surface area contributed by atoms with E-state index in [0.29, 0.717) is 25.9 Å². The zero-order valence-electron chi connectivity index (χ0n) is 17.6. The molecule has 1 amide bonds. The average molecular weight is 505 g/mol. The Balaban J connectivity index is 0.00000272. The summed E-state index contributed by atoms with van der Waals surface area (Å²) < 4.78 is 24.8. The predicted molar refractivity (Wildman–Crippen MR) is 129 cm³/mol. The van der Waals surface area contributed by atoms with Crippen LogP contribution in [0.2, 0.25) is 0 Å². The van der Waals surface area contributed by atoms with Gasteiger partial charge in [-0.3, -0.25) is 9.69 Å². The van der Waals surface area contributed by atoms with Crippen LogP contribution in [0.1, 0.15) is 17.8 Å². The van der Waals surface area contributed by atoms with Crippen LogP contribution in [-0.2, 0) is 21.2 Å². The molecule has 4 heterocycles. The van der Waals surface area contributed by atoms with Crippen LogP contribution in [0.15, 0.2) is 22.9 Å². The second kappa shape index (κ2) is 10.7. The lowest BCUT2D eigenvalue weighted by Gasteiger charge is -2.38. The summed E-state index contributed by atoms with van der Waals surface area (Å²) in [4.78, 5) is 23.2. The van der Waals surface area contributed by atoms with Gasteiger partial charge in [0.1, 0.15) is 0 Å². The molecule has 0 saturated carbocycles. The summed E-state index contributed by atoms with van der Waals surface area (Å²) in [7, 11) is -3.15. The van der Waals surface area contributed by atoms with Crippen molar-refractivity contribution in [2.45, 2.75) is 19.3 Å². The van der Waals surface area contributed by atoms with Crippen molar-refractivity contribution >= 4 is 51.0 Å². The molecule has 172 valence electrons. The number of hydrogen-bond acceptors (Lipinski definition) is 7. The zero-order chi connectivity index (χ0) is 21.1. The van der Waals surface area contributed by atoms with Crippen molar-refractivity contribution in [3.05, 3.63) is 27.9 Å². The monoisotopic (exact) mass is 504 g/mol. The average Bonchev–Trinajstić information content (AvgIpc) is 3.43. The van der Waals surface area contributed by atoms with Crippen LogP contribution in [-0.4, -0.2) is 85.5 Å². The molecule has 2 fully saturated rings. The van der Waals surface area contributed by atoms with Crippen molar-refractivity contribution < 1.29 is 13.2 Å². The number of amides is 1. The maximum absolute atomic E-state index is 12.8. The number of carbonyl (C=O) groups is 1. The Morgan fingerprint density at radius 2 is 1.84 bits per heavy atom. The summed E-state index contributed by atoms with van der Waals surface area (Å²) in [6.07, 6.45) is 3.43. The van der Waals surface area contributed by atoms with Crippen molar-refractivity contribution in [2.75, 3.05) is 52.1 Å². The first-order valence-electron chi connectivity index (χ1n) is 10.3. The third-order valence-electron chi connectivity index (χ3n) is 5.92. The SMILES string of the molecule is CS(=O)(=O)N1CCC(C(=O)N2CCN(CCc3nc(-c4cccs4)cs3)CC2)CC1.Cl. The van der Waals surface area contributed by atoms with Gasteiger partial charge in [0.25, 0.3) is 0 Å². The van der Waals surface area contributed by atoms with E-state index in [1.807, 2.05) is 4.90 Å². The third-order valence-corrected chi connectivity index (χ3v) is 9.03. The number of halogens is 1. The van der Waals surface area contributed by atoms with Crippen molar-refractivity contribution in [1.82, 2.24) is 19.1 Å². The lowest BCUT2D eigenvalue weighted by atomic mass is 9.96. The lowest BCUT2D eigenvalue weighted by molar-refractivity contribution is -0.138. The second-order valence-corrected chi connectivity index (χ2v) is 11.8. The number of sulfonamides is 1. The molecule has 2 saturated heterocycles. The maximum atomic E-state index is 12.8. The highest BCUT2D eigenvalue weighted by molar-refractivity contribution is 7.88. The highest BCUT2D eigenvalue weighted by atomic mass is 35.5. The molecular formula is C20H29ClN4O3S3. The van der Waals surface area contributed by atoms with E-state index in [1.165, 1.54) is 15.4 Å². The Labute approximate surface area is 198 Å². The summed E-state index contributed by atoms with van der Waals surface area (Å²) in [5, 5.41) is 5.37.